The van der Waals surface area contributed by atoms with Gasteiger partial charge in [0.25, 0.3) is 0 Å². The zero-order valence-corrected chi connectivity index (χ0v) is 15.3. The van der Waals surface area contributed by atoms with Crippen LogP contribution in [-0.2, 0) is 16.0 Å². The normalized spacial score (nSPS) is 10.6. The van der Waals surface area contributed by atoms with Crippen molar-refractivity contribution < 1.29 is 14.3 Å². The largest absolute Gasteiger partial charge is 0.491 e. The number of anilines is 1. The van der Waals surface area contributed by atoms with E-state index in [2.05, 4.69) is 10.4 Å². The van der Waals surface area contributed by atoms with Gasteiger partial charge in [0, 0.05) is 25.4 Å². The Kier molecular flexibility index (Phi) is 6.60. The SMILES string of the molecule is COCCOc1ccc(NC(=O)CCc2cnn(-c3ccccc3)c2)cc1. The van der Waals surface area contributed by atoms with Crippen LogP contribution in [0.1, 0.15) is 12.0 Å². The third kappa shape index (κ3) is 5.69. The van der Waals surface area contributed by atoms with Gasteiger partial charge < -0.3 is 14.8 Å². The minimum Gasteiger partial charge on any atom is -0.491 e. The van der Waals surface area contributed by atoms with Gasteiger partial charge in [0.2, 0.25) is 5.91 Å². The molecule has 1 heterocycles. The molecule has 0 radical (unpaired) electrons. The van der Waals surface area contributed by atoms with Gasteiger partial charge in [-0.15, -0.1) is 0 Å². The van der Waals surface area contributed by atoms with Crippen LogP contribution >= 0.6 is 0 Å². The molecule has 1 amide bonds. The van der Waals surface area contributed by atoms with E-state index in [0.717, 1.165) is 22.7 Å². The van der Waals surface area contributed by atoms with Crippen LogP contribution in [0.2, 0.25) is 0 Å². The van der Waals surface area contributed by atoms with Crippen molar-refractivity contribution in [2.75, 3.05) is 25.6 Å². The van der Waals surface area contributed by atoms with E-state index in [1.807, 2.05) is 65.5 Å². The maximum absolute atomic E-state index is 12.2. The van der Waals surface area contributed by atoms with Gasteiger partial charge >= 0.3 is 0 Å². The molecule has 0 atom stereocenters. The molecule has 6 heteroatoms. The molecule has 27 heavy (non-hydrogen) atoms. The van der Waals surface area contributed by atoms with E-state index < -0.39 is 0 Å². The van der Waals surface area contributed by atoms with E-state index in [-0.39, 0.29) is 5.91 Å². The molecule has 140 valence electrons. The van der Waals surface area contributed by atoms with E-state index in [1.54, 1.807) is 13.3 Å². The minimum atomic E-state index is -0.0319. The van der Waals surface area contributed by atoms with Gasteiger partial charge in [-0.05, 0) is 48.4 Å². The first-order valence-electron chi connectivity index (χ1n) is 8.85. The van der Waals surface area contributed by atoms with Gasteiger partial charge in [0.15, 0.2) is 0 Å². The topological polar surface area (TPSA) is 65.4 Å². The van der Waals surface area contributed by atoms with Crippen LogP contribution < -0.4 is 10.1 Å². The summed E-state index contributed by atoms with van der Waals surface area (Å²) in [4.78, 5) is 12.2. The number of hydrogen-bond acceptors (Lipinski definition) is 4. The van der Waals surface area contributed by atoms with Crippen LogP contribution in [0.5, 0.6) is 5.75 Å². The Morgan fingerprint density at radius 2 is 1.85 bits per heavy atom. The average molecular weight is 365 g/mol. The van der Waals surface area contributed by atoms with Crippen LogP contribution in [0.25, 0.3) is 5.69 Å². The monoisotopic (exact) mass is 365 g/mol. The number of amides is 1. The van der Waals surface area contributed by atoms with Gasteiger partial charge in [-0.2, -0.15) is 5.10 Å². The second-order valence-electron chi connectivity index (χ2n) is 6.04. The summed E-state index contributed by atoms with van der Waals surface area (Å²) >= 11 is 0. The summed E-state index contributed by atoms with van der Waals surface area (Å²) < 4.78 is 12.3. The van der Waals surface area contributed by atoms with Crippen molar-refractivity contribution in [3.8, 4) is 11.4 Å². The molecule has 0 unspecified atom stereocenters. The molecule has 0 aliphatic rings. The molecule has 1 N–H and O–H groups in total. The number of nitrogens with one attached hydrogen (secondary N) is 1. The van der Waals surface area contributed by atoms with Gasteiger partial charge in [-0.25, -0.2) is 4.68 Å². The van der Waals surface area contributed by atoms with Crippen LogP contribution in [-0.4, -0.2) is 36.0 Å². The van der Waals surface area contributed by atoms with E-state index >= 15 is 0 Å². The fraction of sp³-hybridized carbons (Fsp3) is 0.238. The number of aromatic nitrogens is 2. The molecule has 0 saturated heterocycles. The van der Waals surface area contributed by atoms with Gasteiger partial charge in [0.05, 0.1) is 18.5 Å². The lowest BCUT2D eigenvalue weighted by Gasteiger charge is -2.08. The number of hydrogen-bond donors (Lipinski definition) is 1. The summed E-state index contributed by atoms with van der Waals surface area (Å²) in [6, 6.07) is 17.2. The smallest absolute Gasteiger partial charge is 0.224 e. The van der Waals surface area contributed by atoms with Crippen molar-refractivity contribution in [2.45, 2.75) is 12.8 Å². The highest BCUT2D eigenvalue weighted by molar-refractivity contribution is 5.90. The molecule has 3 rings (SSSR count). The molecule has 0 aliphatic carbocycles. The molecule has 1 aromatic heterocycles. The van der Waals surface area contributed by atoms with Crippen molar-refractivity contribution in [1.29, 1.82) is 0 Å². The molecule has 2 aromatic carbocycles. The number of para-hydroxylation sites is 1. The summed E-state index contributed by atoms with van der Waals surface area (Å²) in [7, 11) is 1.63. The zero-order chi connectivity index (χ0) is 18.9. The fourth-order valence-corrected chi connectivity index (χ4v) is 2.57. The Labute approximate surface area is 158 Å². The molecule has 0 bridgehead atoms. The Morgan fingerprint density at radius 3 is 2.59 bits per heavy atom. The van der Waals surface area contributed by atoms with E-state index in [4.69, 9.17) is 9.47 Å². The maximum Gasteiger partial charge on any atom is 0.224 e. The standard InChI is InChI=1S/C21H23N3O3/c1-26-13-14-27-20-10-8-18(9-11-20)23-21(25)12-7-17-15-22-24(16-17)19-5-3-2-4-6-19/h2-6,8-11,15-16H,7,12-14H2,1H3,(H,23,25). The highest BCUT2D eigenvalue weighted by Crippen LogP contribution is 2.16. The molecule has 0 fully saturated rings. The Balaban J connectivity index is 1.46. The van der Waals surface area contributed by atoms with Crippen molar-refractivity contribution in [3.63, 3.8) is 0 Å². The Morgan fingerprint density at radius 1 is 1.07 bits per heavy atom. The highest BCUT2D eigenvalue weighted by atomic mass is 16.5. The summed E-state index contributed by atoms with van der Waals surface area (Å²) in [6.07, 6.45) is 4.78. The van der Waals surface area contributed by atoms with E-state index in [1.165, 1.54) is 0 Å². The number of carbonyl (C=O) groups is 1. The average Bonchev–Trinajstić information content (AvgIpc) is 3.18. The number of methoxy groups -OCH3 is 1. The molecule has 0 saturated carbocycles. The third-order valence-electron chi connectivity index (χ3n) is 3.99. The number of rotatable bonds is 9. The van der Waals surface area contributed by atoms with Crippen molar-refractivity contribution in [1.82, 2.24) is 9.78 Å². The lowest BCUT2D eigenvalue weighted by molar-refractivity contribution is -0.116. The first kappa shape index (κ1) is 18.7. The number of nitrogens with zero attached hydrogens (tertiary/aromatic N) is 2. The number of carbonyl (C=O) groups excluding carboxylic acids is 1. The third-order valence-corrected chi connectivity index (χ3v) is 3.99. The Bertz CT molecular complexity index is 845. The minimum absolute atomic E-state index is 0.0319. The summed E-state index contributed by atoms with van der Waals surface area (Å²) in [5.41, 5.74) is 2.77. The lowest BCUT2D eigenvalue weighted by atomic mass is 10.2. The zero-order valence-electron chi connectivity index (χ0n) is 15.3. The molecular weight excluding hydrogens is 342 g/mol. The molecular formula is C21H23N3O3. The number of aryl methyl sites for hydroxylation is 1. The van der Waals surface area contributed by atoms with Crippen LogP contribution in [0, 0.1) is 0 Å². The predicted molar refractivity (Wildman–Crippen MR) is 104 cm³/mol. The Hall–Kier alpha value is -3.12. The summed E-state index contributed by atoms with van der Waals surface area (Å²) in [5, 5.41) is 7.25. The molecule has 0 aliphatic heterocycles. The van der Waals surface area contributed by atoms with Crippen molar-refractivity contribution in [3.05, 3.63) is 72.6 Å². The molecule has 6 nitrogen and oxygen atoms in total. The van der Waals surface area contributed by atoms with E-state index in [9.17, 15) is 4.79 Å². The van der Waals surface area contributed by atoms with Crippen LogP contribution in [0.15, 0.2) is 67.0 Å². The first-order chi connectivity index (χ1) is 13.2. The predicted octanol–water partition coefficient (Wildman–Crippen LogP) is 3.47. The number of benzene rings is 2. The van der Waals surface area contributed by atoms with Crippen molar-refractivity contribution >= 4 is 11.6 Å². The fourth-order valence-electron chi connectivity index (χ4n) is 2.57. The van der Waals surface area contributed by atoms with Crippen LogP contribution in [0.3, 0.4) is 0 Å². The molecule has 0 spiro atoms. The second-order valence-corrected chi connectivity index (χ2v) is 6.04. The molecule has 3 aromatic rings. The summed E-state index contributed by atoms with van der Waals surface area (Å²) in [5.74, 6) is 0.717. The van der Waals surface area contributed by atoms with Crippen LogP contribution in [0.4, 0.5) is 5.69 Å². The second kappa shape index (κ2) is 9.54. The number of ether oxygens (including phenoxy) is 2. The van der Waals surface area contributed by atoms with E-state index in [0.29, 0.717) is 26.1 Å². The first-order valence-corrected chi connectivity index (χ1v) is 8.85. The van der Waals surface area contributed by atoms with Crippen molar-refractivity contribution in [2.24, 2.45) is 0 Å². The van der Waals surface area contributed by atoms with Gasteiger partial charge in [0.1, 0.15) is 12.4 Å². The quantitative estimate of drug-likeness (QED) is 0.590. The lowest BCUT2D eigenvalue weighted by Crippen LogP contribution is -2.12. The summed E-state index contributed by atoms with van der Waals surface area (Å²) in [6.45, 7) is 1.04. The highest BCUT2D eigenvalue weighted by Gasteiger charge is 2.06. The van der Waals surface area contributed by atoms with Gasteiger partial charge in [-0.3, -0.25) is 4.79 Å². The van der Waals surface area contributed by atoms with Gasteiger partial charge in [-0.1, -0.05) is 18.2 Å². The maximum atomic E-state index is 12.2.